The van der Waals surface area contributed by atoms with Crippen LogP contribution in [0.25, 0.3) is 0 Å². The van der Waals surface area contributed by atoms with Gasteiger partial charge >= 0.3 is 5.97 Å². The van der Waals surface area contributed by atoms with Gasteiger partial charge in [-0.15, -0.1) is 0 Å². The summed E-state index contributed by atoms with van der Waals surface area (Å²) in [6.07, 6.45) is 2.66. The SMILES string of the molecule is CC(C(=O)O)[C@@H](N)C[C@H](C)CCc1cccc(Cl)c1. The van der Waals surface area contributed by atoms with E-state index in [-0.39, 0.29) is 6.04 Å². The van der Waals surface area contributed by atoms with Crippen molar-refractivity contribution in [3.63, 3.8) is 0 Å². The number of hydrogen-bond acceptors (Lipinski definition) is 2. The first-order chi connectivity index (χ1) is 8.90. The smallest absolute Gasteiger partial charge is 0.307 e. The summed E-state index contributed by atoms with van der Waals surface area (Å²) >= 11 is 5.94. The summed E-state index contributed by atoms with van der Waals surface area (Å²) in [5.74, 6) is -0.918. The zero-order valence-corrected chi connectivity index (χ0v) is 12.2. The van der Waals surface area contributed by atoms with E-state index in [4.69, 9.17) is 22.4 Å². The highest BCUT2D eigenvalue weighted by molar-refractivity contribution is 6.30. The van der Waals surface area contributed by atoms with Crippen LogP contribution in [0.4, 0.5) is 0 Å². The van der Waals surface area contributed by atoms with E-state index in [2.05, 4.69) is 13.0 Å². The van der Waals surface area contributed by atoms with Gasteiger partial charge < -0.3 is 10.8 Å². The summed E-state index contributed by atoms with van der Waals surface area (Å²) < 4.78 is 0. The van der Waals surface area contributed by atoms with Crippen LogP contribution in [0, 0.1) is 11.8 Å². The molecule has 0 aliphatic rings. The molecule has 0 aromatic heterocycles. The molecular formula is C15H22ClNO2. The molecule has 1 aromatic rings. The lowest BCUT2D eigenvalue weighted by Crippen LogP contribution is -2.35. The summed E-state index contributed by atoms with van der Waals surface area (Å²) in [7, 11) is 0. The Hall–Kier alpha value is -1.06. The molecule has 3 nitrogen and oxygen atoms in total. The first kappa shape index (κ1) is 16.0. The minimum Gasteiger partial charge on any atom is -0.481 e. The number of nitrogens with two attached hydrogens (primary N) is 1. The fourth-order valence-electron chi connectivity index (χ4n) is 2.08. The second-order valence-electron chi connectivity index (χ2n) is 5.30. The summed E-state index contributed by atoms with van der Waals surface area (Å²) in [4.78, 5) is 10.8. The number of aryl methyl sites for hydroxylation is 1. The van der Waals surface area contributed by atoms with Crippen molar-refractivity contribution in [2.24, 2.45) is 17.6 Å². The van der Waals surface area contributed by atoms with Crippen LogP contribution in [-0.4, -0.2) is 17.1 Å². The summed E-state index contributed by atoms with van der Waals surface area (Å²) in [6.45, 7) is 3.77. The van der Waals surface area contributed by atoms with Crippen LogP contribution in [0.2, 0.25) is 5.02 Å². The monoisotopic (exact) mass is 283 g/mol. The maximum absolute atomic E-state index is 10.8. The molecular weight excluding hydrogens is 262 g/mol. The van der Waals surface area contributed by atoms with Crippen molar-refractivity contribution in [2.75, 3.05) is 0 Å². The van der Waals surface area contributed by atoms with Crippen molar-refractivity contribution in [1.29, 1.82) is 0 Å². The van der Waals surface area contributed by atoms with Crippen molar-refractivity contribution in [3.05, 3.63) is 34.9 Å². The van der Waals surface area contributed by atoms with Gasteiger partial charge in [-0.05, 0) is 42.9 Å². The number of rotatable bonds is 7. The Kier molecular flexibility index (Phi) is 6.32. The summed E-state index contributed by atoms with van der Waals surface area (Å²) in [6, 6.07) is 7.54. The molecule has 0 aliphatic carbocycles. The van der Waals surface area contributed by atoms with Crippen molar-refractivity contribution in [3.8, 4) is 0 Å². The lowest BCUT2D eigenvalue weighted by molar-refractivity contribution is -0.141. The predicted molar refractivity (Wildman–Crippen MR) is 78.3 cm³/mol. The highest BCUT2D eigenvalue weighted by Crippen LogP contribution is 2.19. The van der Waals surface area contributed by atoms with Crippen LogP contribution in [0.15, 0.2) is 24.3 Å². The van der Waals surface area contributed by atoms with Gasteiger partial charge in [0.15, 0.2) is 0 Å². The highest BCUT2D eigenvalue weighted by atomic mass is 35.5. The van der Waals surface area contributed by atoms with Crippen molar-refractivity contribution >= 4 is 17.6 Å². The predicted octanol–water partition coefficient (Wildman–Crippen LogP) is 3.35. The molecule has 0 amide bonds. The highest BCUT2D eigenvalue weighted by Gasteiger charge is 2.21. The van der Waals surface area contributed by atoms with Gasteiger partial charge in [-0.2, -0.15) is 0 Å². The molecule has 0 bridgehead atoms. The molecule has 0 aliphatic heterocycles. The van der Waals surface area contributed by atoms with E-state index >= 15 is 0 Å². The van der Waals surface area contributed by atoms with E-state index in [0.29, 0.717) is 5.92 Å². The Balaban J connectivity index is 2.39. The van der Waals surface area contributed by atoms with Crippen LogP contribution in [0.5, 0.6) is 0 Å². The van der Waals surface area contributed by atoms with Gasteiger partial charge in [0.1, 0.15) is 0 Å². The van der Waals surface area contributed by atoms with Gasteiger partial charge in [0.2, 0.25) is 0 Å². The largest absolute Gasteiger partial charge is 0.481 e. The lowest BCUT2D eigenvalue weighted by Gasteiger charge is -2.20. The van der Waals surface area contributed by atoms with Crippen LogP contribution >= 0.6 is 11.6 Å². The molecule has 1 rings (SSSR count). The number of carboxylic acids is 1. The number of benzene rings is 1. The third-order valence-electron chi connectivity index (χ3n) is 3.52. The van der Waals surface area contributed by atoms with Gasteiger partial charge in [-0.3, -0.25) is 4.79 Å². The number of halogens is 1. The number of hydrogen-bond donors (Lipinski definition) is 2. The maximum Gasteiger partial charge on any atom is 0.307 e. The normalized spacial score (nSPS) is 15.8. The summed E-state index contributed by atoms with van der Waals surface area (Å²) in [5.41, 5.74) is 7.12. The molecule has 0 heterocycles. The van der Waals surface area contributed by atoms with Gasteiger partial charge in [-0.25, -0.2) is 0 Å². The molecule has 0 saturated heterocycles. The molecule has 1 aromatic carbocycles. The van der Waals surface area contributed by atoms with E-state index < -0.39 is 11.9 Å². The van der Waals surface area contributed by atoms with Crippen LogP contribution in [0.3, 0.4) is 0 Å². The van der Waals surface area contributed by atoms with E-state index in [0.717, 1.165) is 24.3 Å². The molecule has 4 heteroatoms. The molecule has 0 fully saturated rings. The third-order valence-corrected chi connectivity index (χ3v) is 3.76. The molecule has 1 unspecified atom stereocenters. The molecule has 0 radical (unpaired) electrons. The molecule has 3 N–H and O–H groups in total. The van der Waals surface area contributed by atoms with E-state index in [9.17, 15) is 4.79 Å². The molecule has 19 heavy (non-hydrogen) atoms. The van der Waals surface area contributed by atoms with Crippen molar-refractivity contribution < 1.29 is 9.90 Å². The van der Waals surface area contributed by atoms with E-state index in [1.165, 1.54) is 5.56 Å². The Morgan fingerprint density at radius 1 is 1.42 bits per heavy atom. The molecule has 0 saturated carbocycles. The summed E-state index contributed by atoms with van der Waals surface area (Å²) in [5, 5.41) is 9.66. The minimum absolute atomic E-state index is 0.285. The first-order valence-corrected chi connectivity index (χ1v) is 7.00. The number of carbonyl (C=O) groups is 1. The average Bonchev–Trinajstić information content (AvgIpc) is 2.35. The zero-order chi connectivity index (χ0) is 14.4. The Morgan fingerprint density at radius 2 is 2.11 bits per heavy atom. The van der Waals surface area contributed by atoms with Crippen molar-refractivity contribution in [1.82, 2.24) is 0 Å². The fraction of sp³-hybridized carbons (Fsp3) is 0.533. The minimum atomic E-state index is -0.824. The quantitative estimate of drug-likeness (QED) is 0.807. The van der Waals surface area contributed by atoms with Crippen molar-refractivity contribution in [2.45, 2.75) is 39.2 Å². The zero-order valence-electron chi connectivity index (χ0n) is 11.5. The molecule has 106 valence electrons. The Labute approximate surface area is 119 Å². The van der Waals surface area contributed by atoms with Gasteiger partial charge in [-0.1, -0.05) is 37.6 Å². The maximum atomic E-state index is 10.8. The second kappa shape index (κ2) is 7.51. The number of aliphatic carboxylic acids is 1. The van der Waals surface area contributed by atoms with Gasteiger partial charge in [0, 0.05) is 11.1 Å². The first-order valence-electron chi connectivity index (χ1n) is 6.63. The Morgan fingerprint density at radius 3 is 2.68 bits per heavy atom. The van der Waals surface area contributed by atoms with Crippen LogP contribution in [-0.2, 0) is 11.2 Å². The molecule has 0 spiro atoms. The standard InChI is InChI=1S/C15H22ClNO2/c1-10(8-14(17)11(2)15(18)19)6-7-12-4-3-5-13(16)9-12/h3-5,9-11,14H,6-8,17H2,1-2H3,(H,18,19)/t10-,11?,14+/m1/s1. The Bertz CT molecular complexity index is 422. The van der Waals surface area contributed by atoms with Gasteiger partial charge in [0.25, 0.3) is 0 Å². The van der Waals surface area contributed by atoms with Gasteiger partial charge in [0.05, 0.1) is 5.92 Å². The molecule has 3 atom stereocenters. The number of carboxylic acid groups (broad SMARTS) is 1. The lowest BCUT2D eigenvalue weighted by atomic mass is 9.90. The van der Waals surface area contributed by atoms with E-state index in [1.54, 1.807) is 6.92 Å². The fourth-order valence-corrected chi connectivity index (χ4v) is 2.29. The van der Waals surface area contributed by atoms with Crippen LogP contribution < -0.4 is 5.73 Å². The average molecular weight is 284 g/mol. The third kappa shape index (κ3) is 5.62. The topological polar surface area (TPSA) is 63.3 Å². The van der Waals surface area contributed by atoms with E-state index in [1.807, 2.05) is 18.2 Å². The van der Waals surface area contributed by atoms with Crippen LogP contribution in [0.1, 0.15) is 32.3 Å². The second-order valence-corrected chi connectivity index (χ2v) is 5.74.